The normalized spacial score (nSPS) is 27.7. The van der Waals surface area contributed by atoms with Gasteiger partial charge < -0.3 is 14.6 Å². The molecule has 1 N–H and O–H groups in total. The Bertz CT molecular complexity index is 239. The van der Waals surface area contributed by atoms with Crippen LogP contribution >= 0.6 is 0 Å². The van der Waals surface area contributed by atoms with Crippen molar-refractivity contribution in [3.05, 3.63) is 0 Å². The van der Waals surface area contributed by atoms with Crippen LogP contribution in [0.2, 0.25) is 0 Å². The molecule has 1 saturated carbocycles. The Morgan fingerprint density at radius 3 is 2.12 bits per heavy atom. The smallest absolute Gasteiger partial charge is 0.193 e. The van der Waals surface area contributed by atoms with Crippen molar-refractivity contribution in [1.29, 1.82) is 0 Å². The van der Waals surface area contributed by atoms with E-state index in [4.69, 9.17) is 9.47 Å². The molecule has 0 spiro atoms. The molecule has 4 heteroatoms. The topological polar surface area (TPSA) is 41.9 Å². The molecule has 0 atom stereocenters. The zero-order chi connectivity index (χ0) is 12.4. The van der Waals surface area contributed by atoms with Crippen LogP contribution in [0.5, 0.6) is 0 Å². The van der Waals surface area contributed by atoms with Crippen LogP contribution in [0.3, 0.4) is 0 Å². The predicted molar refractivity (Wildman–Crippen MR) is 65.8 cm³/mol. The Morgan fingerprint density at radius 2 is 1.65 bits per heavy atom. The molecule has 0 unspecified atom stereocenters. The summed E-state index contributed by atoms with van der Waals surface area (Å²) >= 11 is 0. The number of ether oxygens (including phenoxy) is 2. The monoisotopic (exact) mass is 243 g/mol. The van der Waals surface area contributed by atoms with Gasteiger partial charge in [-0.25, -0.2) is 0 Å². The third-order valence-corrected chi connectivity index (χ3v) is 4.48. The summed E-state index contributed by atoms with van der Waals surface area (Å²) in [5.74, 6) is -0.398. The van der Waals surface area contributed by atoms with Gasteiger partial charge in [0, 0.05) is 32.8 Å². The highest BCUT2D eigenvalue weighted by Crippen LogP contribution is 2.39. The van der Waals surface area contributed by atoms with Gasteiger partial charge in [0.25, 0.3) is 0 Å². The summed E-state index contributed by atoms with van der Waals surface area (Å²) in [6.45, 7) is 2.94. The molecule has 2 rings (SSSR count). The minimum Gasteiger partial charge on any atom is -0.396 e. The van der Waals surface area contributed by atoms with E-state index in [1.54, 1.807) is 14.2 Å². The van der Waals surface area contributed by atoms with Crippen molar-refractivity contribution in [2.45, 2.75) is 37.9 Å². The largest absolute Gasteiger partial charge is 0.396 e. The summed E-state index contributed by atoms with van der Waals surface area (Å²) in [5, 5.41) is 9.67. The van der Waals surface area contributed by atoms with E-state index < -0.39 is 5.79 Å². The Balaban J connectivity index is 1.85. The lowest BCUT2D eigenvalue weighted by molar-refractivity contribution is -0.280. The van der Waals surface area contributed by atoms with Crippen LogP contribution in [0.15, 0.2) is 0 Å². The van der Waals surface area contributed by atoms with Gasteiger partial charge in [0.15, 0.2) is 5.79 Å². The van der Waals surface area contributed by atoms with Crippen LogP contribution in [0.25, 0.3) is 0 Å². The molecule has 1 aliphatic carbocycles. The maximum absolute atomic E-state index is 9.67. The Labute approximate surface area is 104 Å². The minimum absolute atomic E-state index is 0.131. The van der Waals surface area contributed by atoms with Crippen molar-refractivity contribution in [3.8, 4) is 0 Å². The van der Waals surface area contributed by atoms with E-state index in [0.717, 1.165) is 32.5 Å². The van der Waals surface area contributed by atoms with Gasteiger partial charge in [0.1, 0.15) is 0 Å². The minimum atomic E-state index is -0.398. The summed E-state index contributed by atoms with van der Waals surface area (Å²) in [4.78, 5) is 2.34. The van der Waals surface area contributed by atoms with Crippen LogP contribution in [0.4, 0.5) is 0 Å². The van der Waals surface area contributed by atoms with Gasteiger partial charge in [0.2, 0.25) is 0 Å². The molecule has 17 heavy (non-hydrogen) atoms. The number of aliphatic hydroxyl groups is 1. The average molecular weight is 243 g/mol. The zero-order valence-corrected chi connectivity index (χ0v) is 11.1. The average Bonchev–Trinajstić information content (AvgIpc) is 2.34. The van der Waals surface area contributed by atoms with Gasteiger partial charge in [0.05, 0.1) is 13.1 Å². The van der Waals surface area contributed by atoms with Crippen LogP contribution in [0, 0.1) is 5.41 Å². The molecule has 1 aliphatic heterocycles. The molecule has 0 aromatic heterocycles. The molecule has 0 aromatic rings. The third kappa shape index (κ3) is 2.65. The molecule has 0 radical (unpaired) electrons. The zero-order valence-electron chi connectivity index (χ0n) is 11.1. The molecule has 1 saturated heterocycles. The van der Waals surface area contributed by atoms with E-state index in [2.05, 4.69) is 4.90 Å². The first kappa shape index (κ1) is 13.3. The first-order chi connectivity index (χ1) is 8.17. The molecular formula is C13H25NO3. The number of nitrogens with zero attached hydrogens (tertiary/aromatic N) is 1. The van der Waals surface area contributed by atoms with Crippen LogP contribution in [-0.2, 0) is 9.47 Å². The van der Waals surface area contributed by atoms with E-state index >= 15 is 0 Å². The van der Waals surface area contributed by atoms with Gasteiger partial charge in [-0.2, -0.15) is 0 Å². The lowest BCUT2D eigenvalue weighted by Gasteiger charge is -2.51. The fraction of sp³-hybridized carbons (Fsp3) is 1.00. The number of aliphatic hydroxyl groups excluding tert-OH is 1. The van der Waals surface area contributed by atoms with Gasteiger partial charge in [-0.1, -0.05) is 19.3 Å². The van der Waals surface area contributed by atoms with E-state index in [1.807, 2.05) is 0 Å². The number of methoxy groups -OCH3 is 2. The van der Waals surface area contributed by atoms with Crippen LogP contribution in [-0.4, -0.2) is 56.3 Å². The SMILES string of the molecule is COC1(OC)CN(CC2(CO)CCCCC2)C1. The Hall–Kier alpha value is -0.160. The highest BCUT2D eigenvalue weighted by atomic mass is 16.7. The number of likely N-dealkylation sites (tertiary alicyclic amines) is 1. The Kier molecular flexibility index (Phi) is 4.08. The molecule has 2 fully saturated rings. The van der Waals surface area contributed by atoms with E-state index in [0.29, 0.717) is 6.61 Å². The lowest BCUT2D eigenvalue weighted by Crippen LogP contribution is -2.65. The Morgan fingerprint density at radius 1 is 1.06 bits per heavy atom. The molecule has 0 amide bonds. The summed E-state index contributed by atoms with van der Waals surface area (Å²) < 4.78 is 10.8. The predicted octanol–water partition coefficient (Wildman–Crippen LogP) is 1.23. The molecule has 100 valence electrons. The standard InChI is InChI=1S/C13H25NO3/c1-16-13(17-2)9-14(10-13)8-12(11-15)6-4-3-5-7-12/h15H,3-11H2,1-2H3. The maximum Gasteiger partial charge on any atom is 0.193 e. The molecule has 0 aromatic carbocycles. The van der Waals surface area contributed by atoms with E-state index in [1.165, 1.54) is 19.3 Å². The molecular weight excluding hydrogens is 218 g/mol. The number of hydrogen-bond acceptors (Lipinski definition) is 4. The van der Waals surface area contributed by atoms with Gasteiger partial charge in [-0.15, -0.1) is 0 Å². The summed E-state index contributed by atoms with van der Waals surface area (Å²) in [6.07, 6.45) is 6.16. The number of hydrogen-bond donors (Lipinski definition) is 1. The second kappa shape index (κ2) is 5.22. The summed E-state index contributed by atoms with van der Waals surface area (Å²) in [6, 6.07) is 0. The second-order valence-electron chi connectivity index (χ2n) is 5.68. The van der Waals surface area contributed by atoms with Crippen molar-refractivity contribution >= 4 is 0 Å². The van der Waals surface area contributed by atoms with Crippen LogP contribution < -0.4 is 0 Å². The first-order valence-electron chi connectivity index (χ1n) is 6.61. The first-order valence-corrected chi connectivity index (χ1v) is 6.61. The lowest BCUT2D eigenvalue weighted by atomic mass is 9.73. The maximum atomic E-state index is 9.67. The quantitative estimate of drug-likeness (QED) is 0.738. The van der Waals surface area contributed by atoms with Crippen LogP contribution in [0.1, 0.15) is 32.1 Å². The highest BCUT2D eigenvalue weighted by Gasteiger charge is 2.46. The van der Waals surface area contributed by atoms with E-state index in [9.17, 15) is 5.11 Å². The van der Waals surface area contributed by atoms with Crippen molar-refractivity contribution < 1.29 is 14.6 Å². The molecule has 0 bridgehead atoms. The van der Waals surface area contributed by atoms with Gasteiger partial charge in [-0.3, -0.25) is 4.90 Å². The second-order valence-corrected chi connectivity index (χ2v) is 5.68. The van der Waals surface area contributed by atoms with E-state index in [-0.39, 0.29) is 5.41 Å². The van der Waals surface area contributed by atoms with Gasteiger partial charge >= 0.3 is 0 Å². The van der Waals surface area contributed by atoms with Crippen molar-refractivity contribution in [3.63, 3.8) is 0 Å². The molecule has 2 aliphatic rings. The molecule has 1 heterocycles. The van der Waals surface area contributed by atoms with Gasteiger partial charge in [-0.05, 0) is 12.8 Å². The fourth-order valence-corrected chi connectivity index (χ4v) is 3.23. The third-order valence-electron chi connectivity index (χ3n) is 4.48. The van der Waals surface area contributed by atoms with Crippen molar-refractivity contribution in [1.82, 2.24) is 4.90 Å². The highest BCUT2D eigenvalue weighted by molar-refractivity contribution is 4.94. The van der Waals surface area contributed by atoms with Crippen molar-refractivity contribution in [2.24, 2.45) is 5.41 Å². The summed E-state index contributed by atoms with van der Waals surface area (Å²) in [7, 11) is 3.40. The number of rotatable bonds is 5. The summed E-state index contributed by atoms with van der Waals surface area (Å²) in [5.41, 5.74) is 0.131. The fourth-order valence-electron chi connectivity index (χ4n) is 3.23. The molecule has 4 nitrogen and oxygen atoms in total. The van der Waals surface area contributed by atoms with Crippen molar-refractivity contribution in [2.75, 3.05) is 40.5 Å².